The van der Waals surface area contributed by atoms with E-state index >= 15 is 0 Å². The SMILES string of the molecule is CN=C(NCc1csc(C(C)C)n1)NC1CCN(C2CCCCC2)CC1. The second-order valence-corrected chi connectivity index (χ2v) is 8.89. The summed E-state index contributed by atoms with van der Waals surface area (Å²) in [5.74, 6) is 1.40. The lowest BCUT2D eigenvalue weighted by Crippen LogP contribution is -2.50. The fourth-order valence-corrected chi connectivity index (χ4v) is 4.92. The minimum absolute atomic E-state index is 0.500. The van der Waals surface area contributed by atoms with Crippen molar-refractivity contribution >= 4 is 17.3 Å². The maximum absolute atomic E-state index is 4.69. The minimum Gasteiger partial charge on any atom is -0.354 e. The van der Waals surface area contributed by atoms with Crippen LogP contribution in [0.5, 0.6) is 0 Å². The molecule has 0 radical (unpaired) electrons. The first-order valence-corrected chi connectivity index (χ1v) is 11.2. The van der Waals surface area contributed by atoms with Crippen LogP contribution in [0.25, 0.3) is 0 Å². The molecular formula is C20H35N5S. The van der Waals surface area contributed by atoms with Crippen molar-refractivity contribution < 1.29 is 0 Å². The number of nitrogens with zero attached hydrogens (tertiary/aromatic N) is 3. The molecule has 0 amide bonds. The maximum Gasteiger partial charge on any atom is 0.191 e. The molecule has 146 valence electrons. The summed E-state index contributed by atoms with van der Waals surface area (Å²) in [4.78, 5) is 11.8. The van der Waals surface area contributed by atoms with Gasteiger partial charge >= 0.3 is 0 Å². The van der Waals surface area contributed by atoms with Crippen LogP contribution in [0, 0.1) is 0 Å². The predicted molar refractivity (Wildman–Crippen MR) is 111 cm³/mol. The van der Waals surface area contributed by atoms with Crippen LogP contribution in [0.4, 0.5) is 0 Å². The zero-order valence-corrected chi connectivity index (χ0v) is 17.4. The fraction of sp³-hybridized carbons (Fsp3) is 0.800. The summed E-state index contributed by atoms with van der Waals surface area (Å²) in [6, 6.07) is 1.38. The summed E-state index contributed by atoms with van der Waals surface area (Å²) in [5.41, 5.74) is 1.11. The molecule has 1 aromatic rings. The van der Waals surface area contributed by atoms with Crippen LogP contribution in [0.15, 0.2) is 10.4 Å². The average molecular weight is 378 g/mol. The Morgan fingerprint density at radius 3 is 2.58 bits per heavy atom. The third-order valence-corrected chi connectivity index (χ3v) is 6.88. The van der Waals surface area contributed by atoms with Crippen LogP contribution in [-0.2, 0) is 6.54 Å². The topological polar surface area (TPSA) is 52.6 Å². The maximum atomic E-state index is 4.69. The molecule has 6 heteroatoms. The molecule has 2 fully saturated rings. The number of rotatable bonds is 5. The molecule has 1 saturated carbocycles. The van der Waals surface area contributed by atoms with Gasteiger partial charge in [-0.1, -0.05) is 33.1 Å². The van der Waals surface area contributed by atoms with E-state index in [4.69, 9.17) is 4.98 Å². The number of piperidine rings is 1. The van der Waals surface area contributed by atoms with Gasteiger partial charge in [0.05, 0.1) is 17.2 Å². The Balaban J connectivity index is 1.41. The van der Waals surface area contributed by atoms with Gasteiger partial charge in [-0.05, 0) is 25.7 Å². The third-order valence-electron chi connectivity index (χ3n) is 5.69. The van der Waals surface area contributed by atoms with Crippen molar-refractivity contribution in [1.29, 1.82) is 0 Å². The predicted octanol–water partition coefficient (Wildman–Crippen LogP) is 3.73. The highest BCUT2D eigenvalue weighted by Crippen LogP contribution is 2.25. The zero-order valence-electron chi connectivity index (χ0n) is 16.6. The van der Waals surface area contributed by atoms with E-state index in [2.05, 4.69) is 39.8 Å². The summed E-state index contributed by atoms with van der Waals surface area (Å²) < 4.78 is 0. The number of guanidine groups is 1. The average Bonchev–Trinajstić information content (AvgIpc) is 3.16. The largest absolute Gasteiger partial charge is 0.354 e. The molecule has 2 heterocycles. The van der Waals surface area contributed by atoms with E-state index in [1.165, 1.54) is 63.0 Å². The Morgan fingerprint density at radius 1 is 1.23 bits per heavy atom. The van der Waals surface area contributed by atoms with Gasteiger partial charge in [0.15, 0.2) is 5.96 Å². The number of thiazole rings is 1. The van der Waals surface area contributed by atoms with Crippen molar-refractivity contribution in [3.63, 3.8) is 0 Å². The molecule has 2 aliphatic rings. The molecule has 2 N–H and O–H groups in total. The number of nitrogens with one attached hydrogen (secondary N) is 2. The molecule has 0 atom stereocenters. The lowest BCUT2D eigenvalue weighted by Gasteiger charge is -2.39. The third kappa shape index (κ3) is 5.43. The standard InChI is InChI=1S/C20H35N5S/c1-15(2)19-23-17(14-26-19)13-22-20(21-3)24-16-9-11-25(12-10-16)18-7-5-4-6-8-18/h14-16,18H,4-13H2,1-3H3,(H2,21,22,24). The van der Waals surface area contributed by atoms with Gasteiger partial charge in [-0.25, -0.2) is 4.98 Å². The van der Waals surface area contributed by atoms with Gasteiger partial charge in [0, 0.05) is 43.5 Å². The molecule has 3 rings (SSSR count). The molecule has 0 spiro atoms. The fourth-order valence-electron chi connectivity index (χ4n) is 4.09. The molecule has 26 heavy (non-hydrogen) atoms. The van der Waals surface area contributed by atoms with E-state index in [0.29, 0.717) is 12.0 Å². The van der Waals surface area contributed by atoms with Gasteiger partial charge in [-0.15, -0.1) is 11.3 Å². The van der Waals surface area contributed by atoms with Crippen molar-refractivity contribution in [3.05, 3.63) is 16.1 Å². The molecular weight excluding hydrogens is 342 g/mol. The zero-order chi connectivity index (χ0) is 18.4. The van der Waals surface area contributed by atoms with Gasteiger partial charge in [-0.3, -0.25) is 4.99 Å². The summed E-state index contributed by atoms with van der Waals surface area (Å²) in [6.07, 6.45) is 9.54. The van der Waals surface area contributed by atoms with Crippen LogP contribution >= 0.6 is 11.3 Å². The smallest absolute Gasteiger partial charge is 0.191 e. The van der Waals surface area contributed by atoms with E-state index in [-0.39, 0.29) is 0 Å². The van der Waals surface area contributed by atoms with E-state index in [0.717, 1.165) is 24.2 Å². The molecule has 5 nitrogen and oxygen atoms in total. The summed E-state index contributed by atoms with van der Waals surface area (Å²) in [7, 11) is 1.85. The molecule has 1 saturated heterocycles. The summed E-state index contributed by atoms with van der Waals surface area (Å²) >= 11 is 1.75. The number of hydrogen-bond donors (Lipinski definition) is 2. The molecule has 0 unspecified atom stereocenters. The second kappa shape index (κ2) is 9.70. The Labute approximate surface area is 162 Å². The van der Waals surface area contributed by atoms with E-state index < -0.39 is 0 Å². The van der Waals surface area contributed by atoms with E-state index in [1.807, 2.05) is 7.05 Å². The Hall–Kier alpha value is -1.14. The minimum atomic E-state index is 0.500. The summed E-state index contributed by atoms with van der Waals surface area (Å²) in [6.45, 7) is 7.57. The van der Waals surface area contributed by atoms with Crippen LogP contribution in [0.1, 0.15) is 75.4 Å². The van der Waals surface area contributed by atoms with Crippen LogP contribution < -0.4 is 10.6 Å². The number of aromatic nitrogens is 1. The van der Waals surface area contributed by atoms with Gasteiger partial charge in [0.25, 0.3) is 0 Å². The molecule has 1 aliphatic carbocycles. The van der Waals surface area contributed by atoms with Crippen LogP contribution in [0.2, 0.25) is 0 Å². The van der Waals surface area contributed by atoms with Crippen LogP contribution in [-0.4, -0.2) is 48.1 Å². The first-order chi connectivity index (χ1) is 12.7. The van der Waals surface area contributed by atoms with Crippen molar-refractivity contribution in [1.82, 2.24) is 20.5 Å². The van der Waals surface area contributed by atoms with Crippen molar-refractivity contribution in [2.45, 2.75) is 83.3 Å². The Kier molecular flexibility index (Phi) is 7.32. The van der Waals surface area contributed by atoms with Gasteiger partial charge in [0.1, 0.15) is 0 Å². The Morgan fingerprint density at radius 2 is 1.96 bits per heavy atom. The number of hydrogen-bond acceptors (Lipinski definition) is 4. The molecule has 1 aliphatic heterocycles. The lowest BCUT2D eigenvalue weighted by atomic mass is 9.92. The number of aliphatic imine (C=N–C) groups is 1. The Bertz CT molecular complexity index is 569. The lowest BCUT2D eigenvalue weighted by molar-refractivity contribution is 0.119. The normalized spacial score (nSPS) is 21.3. The van der Waals surface area contributed by atoms with Crippen molar-refractivity contribution in [2.24, 2.45) is 4.99 Å². The molecule has 0 bridgehead atoms. The first kappa shape index (κ1) is 19.6. The van der Waals surface area contributed by atoms with Crippen molar-refractivity contribution in [2.75, 3.05) is 20.1 Å². The van der Waals surface area contributed by atoms with E-state index in [1.54, 1.807) is 11.3 Å². The second-order valence-electron chi connectivity index (χ2n) is 8.00. The van der Waals surface area contributed by atoms with Gasteiger partial charge < -0.3 is 15.5 Å². The molecule has 0 aromatic carbocycles. The monoisotopic (exact) mass is 377 g/mol. The number of likely N-dealkylation sites (tertiary alicyclic amines) is 1. The highest BCUT2D eigenvalue weighted by molar-refractivity contribution is 7.09. The van der Waals surface area contributed by atoms with Crippen molar-refractivity contribution in [3.8, 4) is 0 Å². The van der Waals surface area contributed by atoms with Gasteiger partial charge in [-0.2, -0.15) is 0 Å². The van der Waals surface area contributed by atoms with Crippen LogP contribution in [0.3, 0.4) is 0 Å². The highest BCUT2D eigenvalue weighted by atomic mass is 32.1. The quantitative estimate of drug-likeness (QED) is 0.606. The van der Waals surface area contributed by atoms with Gasteiger partial charge in [0.2, 0.25) is 0 Å². The summed E-state index contributed by atoms with van der Waals surface area (Å²) in [5, 5.41) is 10.4. The highest BCUT2D eigenvalue weighted by Gasteiger charge is 2.26. The first-order valence-electron chi connectivity index (χ1n) is 10.3. The molecule has 1 aromatic heterocycles. The van der Waals surface area contributed by atoms with E-state index in [9.17, 15) is 0 Å².